The molecular weight excluding hydrogens is 272 g/mol. The van der Waals surface area contributed by atoms with Crippen molar-refractivity contribution >= 4 is 16.6 Å². The zero-order valence-electron chi connectivity index (χ0n) is 14.2. The van der Waals surface area contributed by atoms with Gasteiger partial charge in [0, 0.05) is 0 Å². The number of ether oxygens (including phenoxy) is 2. The average molecular weight is 307 g/mol. The van der Waals surface area contributed by atoms with E-state index in [2.05, 4.69) is 53.5 Å². The molecule has 0 N–H and O–H groups in total. The van der Waals surface area contributed by atoms with Crippen molar-refractivity contribution in [2.75, 3.05) is 13.2 Å². The summed E-state index contributed by atoms with van der Waals surface area (Å²) in [6.07, 6.45) is 1.65. The zero-order valence-corrected chi connectivity index (χ0v) is 16.2. The summed E-state index contributed by atoms with van der Waals surface area (Å²) >= 11 is 0. The molecule has 0 aliphatic rings. The Balaban J connectivity index is 3.87. The maximum Gasteiger partial charge on any atom is 0.175 e. The van der Waals surface area contributed by atoms with Gasteiger partial charge in [0.05, 0.1) is 25.4 Å². The summed E-state index contributed by atoms with van der Waals surface area (Å²) < 4.78 is 17.8. The fourth-order valence-electron chi connectivity index (χ4n) is 2.24. The molecule has 5 heteroatoms. The lowest BCUT2D eigenvalue weighted by Crippen LogP contribution is -2.44. The quantitative estimate of drug-likeness (QED) is 0.446. The van der Waals surface area contributed by atoms with E-state index in [1.54, 1.807) is 0 Å². The highest BCUT2D eigenvalue weighted by molar-refractivity contribution is 6.84. The molecule has 0 bridgehead atoms. The van der Waals surface area contributed by atoms with Gasteiger partial charge in [0.2, 0.25) is 0 Å². The fourth-order valence-corrected chi connectivity index (χ4v) is 10.7. The molecule has 0 radical (unpaired) electrons. The fraction of sp³-hybridized carbons (Fsp3) is 1.00. The van der Waals surface area contributed by atoms with E-state index in [4.69, 9.17) is 13.6 Å². The molecule has 2 unspecified atom stereocenters. The second-order valence-electron chi connectivity index (χ2n) is 6.95. The summed E-state index contributed by atoms with van der Waals surface area (Å²) in [5.41, 5.74) is 0. The van der Waals surface area contributed by atoms with E-state index < -0.39 is 16.6 Å². The summed E-state index contributed by atoms with van der Waals surface area (Å²) in [6, 6.07) is 1.06. The second kappa shape index (κ2) is 8.57. The van der Waals surface area contributed by atoms with Gasteiger partial charge in [-0.05, 0) is 59.0 Å². The Bertz CT molecular complexity index is 239. The molecule has 0 aromatic rings. The van der Waals surface area contributed by atoms with Crippen LogP contribution in [0.5, 0.6) is 0 Å². The van der Waals surface area contributed by atoms with E-state index in [0.717, 1.165) is 12.5 Å². The van der Waals surface area contributed by atoms with E-state index in [1.165, 1.54) is 0 Å². The van der Waals surface area contributed by atoms with E-state index in [-0.39, 0.29) is 6.10 Å². The topological polar surface area (TPSA) is 27.7 Å². The SMILES string of the molecule is CCC(C)OCCOC(C)C[Si](C)(C)O[Si](C)(C)C. The van der Waals surface area contributed by atoms with Gasteiger partial charge < -0.3 is 13.6 Å². The van der Waals surface area contributed by atoms with Crippen molar-refractivity contribution in [2.45, 2.75) is 78.2 Å². The lowest BCUT2D eigenvalue weighted by atomic mass is 10.3. The van der Waals surface area contributed by atoms with Crippen molar-refractivity contribution in [3.63, 3.8) is 0 Å². The average Bonchev–Trinajstić information content (AvgIpc) is 2.19. The molecule has 3 nitrogen and oxygen atoms in total. The summed E-state index contributed by atoms with van der Waals surface area (Å²) in [6.45, 7) is 19.1. The summed E-state index contributed by atoms with van der Waals surface area (Å²) in [5.74, 6) is 0. The second-order valence-corrected chi connectivity index (χ2v) is 15.9. The van der Waals surface area contributed by atoms with Gasteiger partial charge in [-0.25, -0.2) is 0 Å². The molecule has 116 valence electrons. The molecule has 0 fully saturated rings. The van der Waals surface area contributed by atoms with E-state index >= 15 is 0 Å². The Morgan fingerprint density at radius 2 is 1.32 bits per heavy atom. The van der Waals surface area contributed by atoms with Gasteiger partial charge in [-0.2, -0.15) is 0 Å². The molecule has 0 saturated heterocycles. The van der Waals surface area contributed by atoms with Crippen LogP contribution in [0.4, 0.5) is 0 Å². The molecule has 0 rings (SSSR count). The predicted octanol–water partition coefficient (Wildman–Crippen LogP) is 4.26. The number of rotatable bonds is 10. The van der Waals surface area contributed by atoms with Gasteiger partial charge in [0.15, 0.2) is 16.6 Å². The molecule has 0 aliphatic carbocycles. The Morgan fingerprint density at radius 3 is 1.74 bits per heavy atom. The van der Waals surface area contributed by atoms with E-state index in [9.17, 15) is 0 Å². The normalized spacial score (nSPS) is 16.4. The van der Waals surface area contributed by atoms with Crippen molar-refractivity contribution in [3.05, 3.63) is 0 Å². The van der Waals surface area contributed by atoms with Crippen LogP contribution in [0.1, 0.15) is 27.2 Å². The first-order valence-corrected chi connectivity index (χ1v) is 14.0. The predicted molar refractivity (Wildman–Crippen MR) is 87.8 cm³/mol. The number of hydrogen-bond acceptors (Lipinski definition) is 3. The third kappa shape index (κ3) is 11.8. The highest BCUT2D eigenvalue weighted by atomic mass is 28.4. The van der Waals surface area contributed by atoms with Gasteiger partial charge in [-0.1, -0.05) is 6.92 Å². The Hall–Kier alpha value is 0.314. The van der Waals surface area contributed by atoms with E-state index in [1.807, 2.05) is 0 Å². The molecule has 19 heavy (non-hydrogen) atoms. The highest BCUT2D eigenvalue weighted by Crippen LogP contribution is 2.21. The minimum Gasteiger partial charge on any atom is -0.456 e. The van der Waals surface area contributed by atoms with Crippen LogP contribution in [0.2, 0.25) is 38.8 Å². The highest BCUT2D eigenvalue weighted by Gasteiger charge is 2.31. The van der Waals surface area contributed by atoms with Crippen molar-refractivity contribution < 1.29 is 13.6 Å². The Morgan fingerprint density at radius 1 is 0.842 bits per heavy atom. The summed E-state index contributed by atoms with van der Waals surface area (Å²) in [5, 5.41) is 0. The molecule has 0 heterocycles. The monoisotopic (exact) mass is 306 g/mol. The van der Waals surface area contributed by atoms with Crippen LogP contribution in [0, 0.1) is 0 Å². The summed E-state index contributed by atoms with van der Waals surface area (Å²) in [7, 11) is -3.03. The molecule has 0 spiro atoms. The van der Waals surface area contributed by atoms with Crippen LogP contribution < -0.4 is 0 Å². The van der Waals surface area contributed by atoms with Crippen LogP contribution in [-0.4, -0.2) is 42.1 Å². The van der Waals surface area contributed by atoms with Crippen molar-refractivity contribution in [2.24, 2.45) is 0 Å². The van der Waals surface area contributed by atoms with Crippen molar-refractivity contribution in [1.29, 1.82) is 0 Å². The van der Waals surface area contributed by atoms with Crippen LogP contribution in [-0.2, 0) is 13.6 Å². The largest absolute Gasteiger partial charge is 0.456 e. The maximum absolute atomic E-state index is 6.32. The first-order chi connectivity index (χ1) is 8.56. The molecule has 0 aromatic carbocycles. The van der Waals surface area contributed by atoms with Gasteiger partial charge >= 0.3 is 0 Å². The van der Waals surface area contributed by atoms with E-state index in [0.29, 0.717) is 19.3 Å². The van der Waals surface area contributed by atoms with Crippen LogP contribution in [0.15, 0.2) is 0 Å². The third-order valence-corrected chi connectivity index (χ3v) is 9.04. The first-order valence-electron chi connectivity index (χ1n) is 7.49. The lowest BCUT2D eigenvalue weighted by molar-refractivity contribution is -0.00824. The maximum atomic E-state index is 6.32. The molecular formula is C14H34O3Si2. The standard InChI is InChI=1S/C14H34O3Si2/c1-9-13(2)15-10-11-16-14(3)12-19(7,8)17-18(4,5)6/h13-14H,9-12H2,1-8H3. The Labute approximate surface area is 122 Å². The first kappa shape index (κ1) is 19.3. The van der Waals surface area contributed by atoms with Gasteiger partial charge in [-0.3, -0.25) is 0 Å². The van der Waals surface area contributed by atoms with Crippen molar-refractivity contribution in [3.8, 4) is 0 Å². The minimum atomic E-state index is -1.59. The molecule has 2 atom stereocenters. The van der Waals surface area contributed by atoms with Crippen molar-refractivity contribution in [1.82, 2.24) is 0 Å². The smallest absolute Gasteiger partial charge is 0.175 e. The number of hydrogen-bond donors (Lipinski definition) is 0. The van der Waals surface area contributed by atoms with Gasteiger partial charge in [0.25, 0.3) is 0 Å². The van der Waals surface area contributed by atoms with Crippen LogP contribution in [0.25, 0.3) is 0 Å². The van der Waals surface area contributed by atoms with Gasteiger partial charge in [-0.15, -0.1) is 0 Å². The zero-order chi connectivity index (χ0) is 15.1. The lowest BCUT2D eigenvalue weighted by Gasteiger charge is -2.33. The minimum absolute atomic E-state index is 0.263. The van der Waals surface area contributed by atoms with Crippen LogP contribution >= 0.6 is 0 Å². The molecule has 0 saturated carbocycles. The summed E-state index contributed by atoms with van der Waals surface area (Å²) in [4.78, 5) is 0. The molecule has 0 amide bonds. The third-order valence-electron chi connectivity index (χ3n) is 2.82. The van der Waals surface area contributed by atoms with Crippen LogP contribution in [0.3, 0.4) is 0 Å². The molecule has 0 aliphatic heterocycles. The Kier molecular flexibility index (Phi) is 8.71. The molecule has 0 aromatic heterocycles. The van der Waals surface area contributed by atoms with Gasteiger partial charge in [0.1, 0.15) is 0 Å².